The van der Waals surface area contributed by atoms with E-state index in [0.29, 0.717) is 17.7 Å². The molecular formula is C16H27F5S. The lowest BCUT2D eigenvalue weighted by molar-refractivity contribution is 0.364. The van der Waals surface area contributed by atoms with Crippen molar-refractivity contribution >= 4 is 10.2 Å². The number of rotatable bonds is 7. The molecule has 22 heavy (non-hydrogen) atoms. The lowest BCUT2D eigenvalue weighted by Crippen LogP contribution is -2.05. The molecule has 0 aliphatic rings. The van der Waals surface area contributed by atoms with Crippen molar-refractivity contribution in [1.82, 2.24) is 0 Å². The third-order valence-electron chi connectivity index (χ3n) is 3.17. The van der Waals surface area contributed by atoms with E-state index in [9.17, 15) is 19.4 Å². The fraction of sp³-hybridized carbons (Fsp3) is 0.625. The van der Waals surface area contributed by atoms with E-state index in [4.69, 9.17) is 0 Å². The minimum absolute atomic E-state index is 0.400. The van der Waals surface area contributed by atoms with E-state index in [1.165, 1.54) is 51.9 Å². The van der Waals surface area contributed by atoms with Gasteiger partial charge in [0.2, 0.25) is 0 Å². The predicted octanol–water partition coefficient (Wildman–Crippen LogP) is 8.41. The summed E-state index contributed by atoms with van der Waals surface area (Å²) in [5.41, 5.74) is 0.505. The molecule has 1 aromatic carbocycles. The summed E-state index contributed by atoms with van der Waals surface area (Å²) in [6.45, 7) is 6.05. The first-order valence-corrected chi connectivity index (χ1v) is 9.66. The van der Waals surface area contributed by atoms with Crippen LogP contribution >= 0.6 is 10.2 Å². The Labute approximate surface area is 130 Å². The summed E-state index contributed by atoms with van der Waals surface area (Å²) in [6, 6.07) is 2.81. The summed E-state index contributed by atoms with van der Waals surface area (Å²) in [4.78, 5) is -1.84. The van der Waals surface area contributed by atoms with Crippen LogP contribution in [0, 0.1) is 6.92 Å². The first-order valence-electron chi connectivity index (χ1n) is 7.71. The third-order valence-corrected chi connectivity index (χ3v) is 4.34. The van der Waals surface area contributed by atoms with Crippen LogP contribution in [0.4, 0.5) is 19.4 Å². The quantitative estimate of drug-likeness (QED) is 0.343. The average Bonchev–Trinajstić information content (AvgIpc) is 2.37. The van der Waals surface area contributed by atoms with Crippen molar-refractivity contribution in [3.8, 4) is 0 Å². The summed E-state index contributed by atoms with van der Waals surface area (Å²) in [5, 5.41) is 0. The van der Waals surface area contributed by atoms with Crippen molar-refractivity contribution in [2.24, 2.45) is 0 Å². The fourth-order valence-electron chi connectivity index (χ4n) is 1.83. The van der Waals surface area contributed by atoms with Crippen molar-refractivity contribution in [3.63, 3.8) is 0 Å². The molecule has 0 heterocycles. The van der Waals surface area contributed by atoms with Crippen LogP contribution in [-0.2, 0) is 0 Å². The number of hydrogen-bond donors (Lipinski definition) is 0. The average molecular weight is 346 g/mol. The van der Waals surface area contributed by atoms with Crippen LogP contribution in [0.2, 0.25) is 0 Å². The van der Waals surface area contributed by atoms with Crippen LogP contribution in [0.25, 0.3) is 0 Å². The summed E-state index contributed by atoms with van der Waals surface area (Å²) >= 11 is 0. The lowest BCUT2D eigenvalue weighted by Gasteiger charge is -2.40. The van der Waals surface area contributed by atoms with E-state index >= 15 is 0 Å². The lowest BCUT2D eigenvalue weighted by atomic mass is 10.1. The number of halogens is 5. The number of aryl methyl sites for hydroxylation is 1. The molecule has 0 nitrogen and oxygen atoms in total. The van der Waals surface area contributed by atoms with Gasteiger partial charge in [-0.1, -0.05) is 95.9 Å². The van der Waals surface area contributed by atoms with E-state index in [-0.39, 0.29) is 0 Å². The Kier molecular flexibility index (Phi) is 7.39. The molecule has 0 aliphatic heterocycles. The summed E-state index contributed by atoms with van der Waals surface area (Å²) in [5.74, 6) is 0. The van der Waals surface area contributed by atoms with E-state index in [0.717, 1.165) is 12.1 Å². The second-order valence-corrected chi connectivity index (χ2v) is 7.96. The molecule has 0 unspecified atom stereocenters. The maximum absolute atomic E-state index is 12.1. The van der Waals surface area contributed by atoms with Gasteiger partial charge in [-0.05, 0) is 19.1 Å². The molecule has 0 saturated carbocycles. The Bertz CT molecular complexity index is 415. The van der Waals surface area contributed by atoms with Gasteiger partial charge in [-0.25, -0.2) is 0 Å². The minimum atomic E-state index is -9.45. The van der Waals surface area contributed by atoms with Crippen LogP contribution in [0.1, 0.15) is 64.4 Å². The van der Waals surface area contributed by atoms with Gasteiger partial charge in [0.25, 0.3) is 0 Å². The van der Waals surface area contributed by atoms with E-state index in [1.807, 2.05) is 0 Å². The van der Waals surface area contributed by atoms with Gasteiger partial charge in [0.05, 0.1) is 0 Å². The largest absolute Gasteiger partial charge is 0.310 e. The maximum atomic E-state index is 12.1. The van der Waals surface area contributed by atoms with Gasteiger partial charge in [0, 0.05) is 0 Å². The van der Waals surface area contributed by atoms with Crippen molar-refractivity contribution in [1.29, 1.82) is 0 Å². The van der Waals surface area contributed by atoms with E-state index in [1.54, 1.807) is 0 Å². The van der Waals surface area contributed by atoms with Gasteiger partial charge in [-0.15, -0.1) is 0 Å². The van der Waals surface area contributed by atoms with Gasteiger partial charge in [-0.3, -0.25) is 0 Å². The number of benzene rings is 1. The summed E-state index contributed by atoms with van der Waals surface area (Å²) < 4.78 is 60.4. The second-order valence-electron chi connectivity index (χ2n) is 5.55. The second kappa shape index (κ2) is 7.66. The van der Waals surface area contributed by atoms with Crippen molar-refractivity contribution in [3.05, 3.63) is 29.8 Å². The molecule has 0 atom stereocenters. The Morgan fingerprint density at radius 2 is 1.05 bits per heavy atom. The van der Waals surface area contributed by atoms with Gasteiger partial charge in [0.15, 0.2) is 0 Å². The highest BCUT2D eigenvalue weighted by molar-refractivity contribution is 8.45. The highest BCUT2D eigenvalue weighted by Gasteiger charge is 2.65. The standard InChI is InChI=1S/C9H20.C7H7F5S/c1-3-5-7-9-8-6-4-2;1-6-2-4-7(5-3-6)13(8,9,10,11)12/h3-9H2,1-2H3;2-5H,1H3. The zero-order valence-corrected chi connectivity index (χ0v) is 14.4. The topological polar surface area (TPSA) is 0 Å². The van der Waals surface area contributed by atoms with Gasteiger partial charge in [0.1, 0.15) is 4.90 Å². The Morgan fingerprint density at radius 1 is 0.682 bits per heavy atom. The molecule has 0 saturated heterocycles. The SMILES string of the molecule is CCCCCCCCC.Cc1ccc(S(F)(F)(F)(F)F)cc1. The minimum Gasteiger partial charge on any atom is -0.0936 e. The molecule has 0 bridgehead atoms. The Hall–Kier alpha value is -0.780. The zero-order valence-electron chi connectivity index (χ0n) is 13.6. The molecule has 132 valence electrons. The number of unbranched alkanes of at least 4 members (excludes halogenated alkanes) is 6. The third kappa shape index (κ3) is 10.0. The molecule has 0 N–H and O–H groups in total. The van der Waals surface area contributed by atoms with Crippen LogP contribution in [0.5, 0.6) is 0 Å². The molecule has 0 amide bonds. The molecule has 0 aliphatic carbocycles. The van der Waals surface area contributed by atoms with Gasteiger partial charge in [-0.2, -0.15) is 0 Å². The summed E-state index contributed by atoms with van der Waals surface area (Å²) in [6.07, 6.45) is 9.97. The van der Waals surface area contributed by atoms with Gasteiger partial charge >= 0.3 is 10.2 Å². The van der Waals surface area contributed by atoms with Crippen LogP contribution in [0.15, 0.2) is 29.2 Å². The van der Waals surface area contributed by atoms with Crippen molar-refractivity contribution in [2.75, 3.05) is 0 Å². The molecule has 0 spiro atoms. The zero-order chi connectivity index (χ0) is 17.3. The fourth-order valence-corrected chi connectivity index (χ4v) is 2.48. The molecule has 0 fully saturated rings. The smallest absolute Gasteiger partial charge is 0.0936 e. The van der Waals surface area contributed by atoms with Crippen LogP contribution < -0.4 is 0 Å². The van der Waals surface area contributed by atoms with Gasteiger partial charge < -0.3 is 0 Å². The molecular weight excluding hydrogens is 319 g/mol. The Morgan fingerprint density at radius 3 is 1.36 bits per heavy atom. The normalized spacial score (nSPS) is 14.5. The van der Waals surface area contributed by atoms with Crippen LogP contribution in [-0.4, -0.2) is 0 Å². The van der Waals surface area contributed by atoms with E-state index < -0.39 is 15.1 Å². The predicted molar refractivity (Wildman–Crippen MR) is 86.2 cm³/mol. The molecule has 1 aromatic rings. The van der Waals surface area contributed by atoms with Crippen LogP contribution in [0.3, 0.4) is 0 Å². The maximum Gasteiger partial charge on any atom is 0.310 e. The molecule has 1 rings (SSSR count). The molecule has 6 heteroatoms. The van der Waals surface area contributed by atoms with E-state index in [2.05, 4.69) is 13.8 Å². The summed E-state index contributed by atoms with van der Waals surface area (Å²) in [7, 11) is -9.45. The number of hydrogen-bond acceptors (Lipinski definition) is 0. The van der Waals surface area contributed by atoms with Crippen molar-refractivity contribution in [2.45, 2.75) is 70.6 Å². The van der Waals surface area contributed by atoms with Crippen molar-refractivity contribution < 1.29 is 19.4 Å². The monoisotopic (exact) mass is 346 g/mol. The highest BCUT2D eigenvalue weighted by Crippen LogP contribution is 3.02. The molecule has 0 aromatic heterocycles. The first kappa shape index (κ1) is 21.2. The molecule has 0 radical (unpaired) electrons. The Balaban J connectivity index is 0.000000433. The highest BCUT2D eigenvalue weighted by atomic mass is 32.5. The first-order chi connectivity index (χ1) is 9.90.